The molecule has 1 aliphatic heterocycles. The van der Waals surface area contributed by atoms with Gasteiger partial charge in [0.15, 0.2) is 17.6 Å². The minimum atomic E-state index is -0.883. The van der Waals surface area contributed by atoms with E-state index in [4.69, 9.17) is 14.2 Å². The largest absolute Gasteiger partial charge is 0.486 e. The number of fused-ring (bicyclic) bond motifs is 1. The number of esters is 1. The van der Waals surface area contributed by atoms with E-state index in [0.29, 0.717) is 31.3 Å². The van der Waals surface area contributed by atoms with E-state index >= 15 is 0 Å². The molecule has 3 rings (SSSR count). The Balaban J connectivity index is 1.49. The number of hydrogen-bond donors (Lipinski definition) is 1. The van der Waals surface area contributed by atoms with Crippen molar-refractivity contribution in [1.29, 1.82) is 0 Å². The smallest absolute Gasteiger partial charge is 0.331 e. The lowest BCUT2D eigenvalue weighted by Crippen LogP contribution is -2.35. The zero-order valence-electron chi connectivity index (χ0n) is 15.0. The molecule has 6 heteroatoms. The number of hydrogen-bond acceptors (Lipinski definition) is 5. The Labute approximate surface area is 157 Å². The summed E-state index contributed by atoms with van der Waals surface area (Å²) >= 11 is 0. The minimum Gasteiger partial charge on any atom is -0.486 e. The molecule has 140 valence electrons. The summed E-state index contributed by atoms with van der Waals surface area (Å²) in [5, 5.41) is 2.74. The van der Waals surface area contributed by atoms with Crippen LogP contribution in [0.1, 0.15) is 18.1 Å². The molecule has 0 saturated carbocycles. The Bertz CT molecular complexity index is 832. The van der Waals surface area contributed by atoms with E-state index < -0.39 is 12.1 Å². The number of amides is 1. The van der Waals surface area contributed by atoms with Crippen molar-refractivity contribution in [3.8, 4) is 11.5 Å². The summed E-state index contributed by atoms with van der Waals surface area (Å²) in [6.07, 6.45) is 2.01. The zero-order valence-corrected chi connectivity index (χ0v) is 15.0. The molecule has 0 radical (unpaired) electrons. The van der Waals surface area contributed by atoms with Crippen molar-refractivity contribution < 1.29 is 23.8 Å². The van der Waals surface area contributed by atoms with Gasteiger partial charge in [-0.15, -0.1) is 0 Å². The van der Waals surface area contributed by atoms with Crippen LogP contribution in [-0.2, 0) is 20.9 Å². The maximum Gasteiger partial charge on any atom is 0.331 e. The average Bonchev–Trinajstić information content (AvgIpc) is 2.71. The first-order chi connectivity index (χ1) is 13.1. The Morgan fingerprint density at radius 1 is 1.11 bits per heavy atom. The molecule has 1 amide bonds. The summed E-state index contributed by atoms with van der Waals surface area (Å²) in [6, 6.07) is 14.9. The van der Waals surface area contributed by atoms with Crippen molar-refractivity contribution >= 4 is 18.0 Å². The summed E-state index contributed by atoms with van der Waals surface area (Å²) < 4.78 is 16.1. The zero-order chi connectivity index (χ0) is 19.1. The molecular formula is C21H21NO5. The Kier molecular flexibility index (Phi) is 6.10. The van der Waals surface area contributed by atoms with E-state index in [1.54, 1.807) is 18.2 Å². The van der Waals surface area contributed by atoms with Gasteiger partial charge in [0.2, 0.25) is 0 Å². The molecule has 1 atom stereocenters. The van der Waals surface area contributed by atoms with Gasteiger partial charge in [-0.3, -0.25) is 4.79 Å². The lowest BCUT2D eigenvalue weighted by molar-refractivity contribution is -0.150. The molecule has 0 aromatic heterocycles. The number of carbonyl (C=O) groups excluding carboxylic acids is 2. The van der Waals surface area contributed by atoms with Crippen LogP contribution >= 0.6 is 0 Å². The van der Waals surface area contributed by atoms with Crippen LogP contribution in [0.5, 0.6) is 11.5 Å². The second-order valence-electron chi connectivity index (χ2n) is 6.02. The summed E-state index contributed by atoms with van der Waals surface area (Å²) in [5.41, 5.74) is 1.75. The standard InChI is InChI=1S/C21H21NO5/c1-15(21(24)22-14-17-5-3-2-4-6-17)27-20(23)10-8-16-7-9-18-19(13-16)26-12-11-25-18/h2-10,13,15H,11-12,14H2,1H3,(H,22,24)/b10-8+/t15-/m0/s1. The van der Waals surface area contributed by atoms with Gasteiger partial charge in [0.1, 0.15) is 13.2 Å². The quantitative estimate of drug-likeness (QED) is 0.628. The first-order valence-electron chi connectivity index (χ1n) is 8.72. The number of carbonyl (C=O) groups is 2. The highest BCUT2D eigenvalue weighted by molar-refractivity contribution is 5.90. The maximum atomic E-state index is 12.0. The molecule has 6 nitrogen and oxygen atoms in total. The predicted octanol–water partition coefficient (Wildman–Crippen LogP) is 2.72. The monoisotopic (exact) mass is 367 g/mol. The molecule has 0 unspecified atom stereocenters. The highest BCUT2D eigenvalue weighted by Crippen LogP contribution is 2.31. The van der Waals surface area contributed by atoms with Gasteiger partial charge in [0.25, 0.3) is 5.91 Å². The lowest BCUT2D eigenvalue weighted by atomic mass is 10.2. The molecule has 1 aliphatic rings. The van der Waals surface area contributed by atoms with Crippen LogP contribution in [0, 0.1) is 0 Å². The fourth-order valence-corrected chi connectivity index (χ4v) is 2.52. The van der Waals surface area contributed by atoms with E-state index in [1.807, 2.05) is 36.4 Å². The van der Waals surface area contributed by atoms with Crippen molar-refractivity contribution in [2.24, 2.45) is 0 Å². The van der Waals surface area contributed by atoms with E-state index in [0.717, 1.165) is 11.1 Å². The van der Waals surface area contributed by atoms with Crippen molar-refractivity contribution in [3.05, 3.63) is 65.7 Å². The maximum absolute atomic E-state index is 12.0. The van der Waals surface area contributed by atoms with Gasteiger partial charge in [-0.1, -0.05) is 36.4 Å². The first-order valence-corrected chi connectivity index (χ1v) is 8.72. The van der Waals surface area contributed by atoms with Gasteiger partial charge in [-0.25, -0.2) is 4.79 Å². The fraction of sp³-hybridized carbons (Fsp3) is 0.238. The second-order valence-corrected chi connectivity index (χ2v) is 6.02. The number of nitrogens with one attached hydrogen (secondary N) is 1. The molecule has 1 N–H and O–H groups in total. The molecule has 2 aromatic rings. The third-order valence-corrected chi connectivity index (χ3v) is 3.95. The van der Waals surface area contributed by atoms with Crippen molar-refractivity contribution in [2.75, 3.05) is 13.2 Å². The average molecular weight is 367 g/mol. The Hall–Kier alpha value is -3.28. The number of benzene rings is 2. The molecule has 0 saturated heterocycles. The molecule has 1 heterocycles. The highest BCUT2D eigenvalue weighted by atomic mass is 16.6. The van der Waals surface area contributed by atoms with Crippen LogP contribution in [0.15, 0.2) is 54.6 Å². The van der Waals surface area contributed by atoms with Crippen molar-refractivity contribution in [3.63, 3.8) is 0 Å². The van der Waals surface area contributed by atoms with Crippen LogP contribution < -0.4 is 14.8 Å². The Morgan fingerprint density at radius 3 is 2.63 bits per heavy atom. The van der Waals surface area contributed by atoms with Gasteiger partial charge in [0.05, 0.1) is 0 Å². The SMILES string of the molecule is C[C@H](OC(=O)/C=C/c1ccc2c(c1)OCCO2)C(=O)NCc1ccccc1. The van der Waals surface area contributed by atoms with Crippen molar-refractivity contribution in [1.82, 2.24) is 5.32 Å². The third kappa shape index (κ3) is 5.34. The van der Waals surface area contributed by atoms with Gasteiger partial charge in [0, 0.05) is 12.6 Å². The van der Waals surface area contributed by atoms with Crippen LogP contribution in [0.3, 0.4) is 0 Å². The van der Waals surface area contributed by atoms with E-state index in [-0.39, 0.29) is 5.91 Å². The van der Waals surface area contributed by atoms with Gasteiger partial charge in [-0.2, -0.15) is 0 Å². The molecule has 0 bridgehead atoms. The first kappa shape index (κ1) is 18.5. The third-order valence-electron chi connectivity index (χ3n) is 3.95. The van der Waals surface area contributed by atoms with E-state index in [2.05, 4.69) is 5.32 Å². The van der Waals surface area contributed by atoms with Crippen LogP contribution in [-0.4, -0.2) is 31.2 Å². The molecule has 2 aromatic carbocycles. The predicted molar refractivity (Wildman–Crippen MR) is 100 cm³/mol. The highest BCUT2D eigenvalue weighted by Gasteiger charge is 2.16. The van der Waals surface area contributed by atoms with Crippen molar-refractivity contribution in [2.45, 2.75) is 19.6 Å². The number of rotatable bonds is 6. The topological polar surface area (TPSA) is 73.9 Å². The summed E-state index contributed by atoms with van der Waals surface area (Å²) in [6.45, 7) is 2.95. The van der Waals surface area contributed by atoms with Gasteiger partial charge in [-0.05, 0) is 36.3 Å². The molecule has 27 heavy (non-hydrogen) atoms. The molecule has 0 aliphatic carbocycles. The second kappa shape index (κ2) is 8.89. The molecule has 0 fully saturated rings. The number of ether oxygens (including phenoxy) is 3. The summed E-state index contributed by atoms with van der Waals surface area (Å²) in [4.78, 5) is 24.0. The van der Waals surface area contributed by atoms with Gasteiger partial charge >= 0.3 is 5.97 Å². The summed E-state index contributed by atoms with van der Waals surface area (Å²) in [5.74, 6) is 0.391. The molecular weight excluding hydrogens is 346 g/mol. The lowest BCUT2D eigenvalue weighted by Gasteiger charge is -2.18. The van der Waals surface area contributed by atoms with E-state index in [9.17, 15) is 9.59 Å². The van der Waals surface area contributed by atoms with Gasteiger partial charge < -0.3 is 19.5 Å². The summed E-state index contributed by atoms with van der Waals surface area (Å²) in [7, 11) is 0. The van der Waals surface area contributed by atoms with Crippen LogP contribution in [0.4, 0.5) is 0 Å². The normalized spacial score (nSPS) is 13.8. The molecule has 0 spiro atoms. The van der Waals surface area contributed by atoms with E-state index in [1.165, 1.54) is 13.0 Å². The fourth-order valence-electron chi connectivity index (χ4n) is 2.52. The minimum absolute atomic E-state index is 0.347. The Morgan fingerprint density at radius 2 is 1.85 bits per heavy atom. The van der Waals surface area contributed by atoms with Crippen LogP contribution in [0.2, 0.25) is 0 Å². The van der Waals surface area contributed by atoms with Crippen LogP contribution in [0.25, 0.3) is 6.08 Å².